The van der Waals surface area contributed by atoms with Crippen LogP contribution in [0.25, 0.3) is 11.3 Å². The van der Waals surface area contributed by atoms with E-state index in [-0.39, 0.29) is 11.7 Å². The molecule has 7 nitrogen and oxygen atoms in total. The minimum absolute atomic E-state index is 0.0119. The number of hydrogen-bond acceptors (Lipinski definition) is 5. The Morgan fingerprint density at radius 2 is 1.71 bits per heavy atom. The first-order valence-corrected chi connectivity index (χ1v) is 10.6. The molecule has 1 amide bonds. The van der Waals surface area contributed by atoms with Crippen molar-refractivity contribution in [3.8, 4) is 11.3 Å². The van der Waals surface area contributed by atoms with E-state index < -0.39 is 12.1 Å². The number of benzene rings is 2. The van der Waals surface area contributed by atoms with Gasteiger partial charge in [-0.25, -0.2) is 9.18 Å². The number of aryl methyl sites for hydroxylation is 2. The fourth-order valence-electron chi connectivity index (χ4n) is 2.92. The van der Waals surface area contributed by atoms with Crippen molar-refractivity contribution in [2.24, 2.45) is 0 Å². The number of nitrogens with one attached hydrogen (secondary N) is 2. The lowest BCUT2D eigenvalue weighted by molar-refractivity contribution is -0.192. The van der Waals surface area contributed by atoms with Gasteiger partial charge in [0.25, 0.3) is 0 Å². The Bertz CT molecular complexity index is 1100. The summed E-state index contributed by atoms with van der Waals surface area (Å²) < 4.78 is 50.1. The van der Waals surface area contributed by atoms with E-state index in [0.717, 1.165) is 29.8 Å². The summed E-state index contributed by atoms with van der Waals surface area (Å²) in [5.74, 6) is -2.49. The van der Waals surface area contributed by atoms with Gasteiger partial charge in [0, 0.05) is 36.3 Å². The molecule has 0 aliphatic rings. The molecule has 35 heavy (non-hydrogen) atoms. The predicted molar refractivity (Wildman–Crippen MR) is 121 cm³/mol. The second kappa shape index (κ2) is 13.1. The normalized spacial score (nSPS) is 10.8. The minimum Gasteiger partial charge on any atom is -0.475 e. The maximum Gasteiger partial charge on any atom is 0.490 e. The van der Waals surface area contributed by atoms with Gasteiger partial charge in [0.1, 0.15) is 5.82 Å². The predicted octanol–water partition coefficient (Wildman–Crippen LogP) is 4.97. The molecule has 0 radical (unpaired) electrons. The van der Waals surface area contributed by atoms with Crippen molar-refractivity contribution >= 4 is 17.6 Å². The van der Waals surface area contributed by atoms with Gasteiger partial charge in [-0.2, -0.15) is 13.2 Å². The third-order valence-electron chi connectivity index (χ3n) is 4.75. The molecule has 3 rings (SSSR count). The Hall–Kier alpha value is -3.89. The van der Waals surface area contributed by atoms with Gasteiger partial charge < -0.3 is 20.3 Å². The zero-order valence-electron chi connectivity index (χ0n) is 18.9. The van der Waals surface area contributed by atoms with Crippen molar-refractivity contribution in [2.45, 2.75) is 32.4 Å². The highest BCUT2D eigenvalue weighted by Gasteiger charge is 2.38. The highest BCUT2D eigenvalue weighted by atomic mass is 19.4. The largest absolute Gasteiger partial charge is 0.490 e. The molecule has 3 N–H and O–H groups in total. The molecule has 0 fully saturated rings. The SMILES string of the molecule is Cc1ccccc1NCCCNC(=O)CCc1cnoc1-c1ccc(F)cc1.O=C(O)C(F)(F)F. The zero-order valence-corrected chi connectivity index (χ0v) is 18.9. The lowest BCUT2D eigenvalue weighted by atomic mass is 10.1. The zero-order chi connectivity index (χ0) is 25.8. The van der Waals surface area contributed by atoms with Crippen LogP contribution < -0.4 is 10.6 Å². The minimum atomic E-state index is -5.08. The van der Waals surface area contributed by atoms with Crippen LogP contribution in [0, 0.1) is 12.7 Å². The molecule has 0 atom stereocenters. The Balaban J connectivity index is 0.000000540. The third kappa shape index (κ3) is 9.48. The Morgan fingerprint density at radius 1 is 1.06 bits per heavy atom. The molecule has 0 aliphatic carbocycles. The van der Waals surface area contributed by atoms with Gasteiger partial charge in [0.05, 0.1) is 6.20 Å². The molecule has 0 spiro atoms. The number of anilines is 1. The number of carboxylic acids is 1. The first kappa shape index (κ1) is 27.4. The summed E-state index contributed by atoms with van der Waals surface area (Å²) in [7, 11) is 0. The first-order valence-electron chi connectivity index (χ1n) is 10.6. The van der Waals surface area contributed by atoms with E-state index in [1.54, 1.807) is 18.3 Å². The van der Waals surface area contributed by atoms with E-state index in [4.69, 9.17) is 14.4 Å². The van der Waals surface area contributed by atoms with Crippen molar-refractivity contribution in [3.05, 3.63) is 71.7 Å². The number of carboxylic acid groups (broad SMARTS) is 1. The molecular formula is C24H25F4N3O4. The number of alkyl halides is 3. The van der Waals surface area contributed by atoms with Crippen LogP contribution in [-0.2, 0) is 16.0 Å². The van der Waals surface area contributed by atoms with Crippen LogP contribution in [0.1, 0.15) is 24.0 Å². The molecule has 2 aromatic carbocycles. The van der Waals surface area contributed by atoms with Gasteiger partial charge in [-0.15, -0.1) is 0 Å². The molecule has 11 heteroatoms. The number of rotatable bonds is 9. The van der Waals surface area contributed by atoms with Crippen molar-refractivity contribution in [1.29, 1.82) is 0 Å². The summed E-state index contributed by atoms with van der Waals surface area (Å²) in [5.41, 5.74) is 3.91. The van der Waals surface area contributed by atoms with Crippen molar-refractivity contribution in [3.63, 3.8) is 0 Å². The molecule has 188 valence electrons. The van der Waals surface area contributed by atoms with Crippen LogP contribution in [0.3, 0.4) is 0 Å². The summed E-state index contributed by atoms with van der Waals surface area (Å²) in [6.45, 7) is 3.48. The lowest BCUT2D eigenvalue weighted by Crippen LogP contribution is -2.26. The average molecular weight is 495 g/mol. The van der Waals surface area contributed by atoms with Crippen molar-refractivity contribution in [2.75, 3.05) is 18.4 Å². The van der Waals surface area contributed by atoms with Gasteiger partial charge >= 0.3 is 12.1 Å². The average Bonchev–Trinajstić information content (AvgIpc) is 3.27. The van der Waals surface area contributed by atoms with Gasteiger partial charge in [-0.05, 0) is 55.7 Å². The van der Waals surface area contributed by atoms with Gasteiger partial charge in [-0.3, -0.25) is 4.79 Å². The van der Waals surface area contributed by atoms with Crippen LogP contribution in [0.15, 0.2) is 59.3 Å². The first-order chi connectivity index (χ1) is 16.6. The quantitative estimate of drug-likeness (QED) is 0.286. The molecule has 1 heterocycles. The number of aromatic nitrogens is 1. The molecule has 1 aromatic heterocycles. The topological polar surface area (TPSA) is 104 Å². The van der Waals surface area contributed by atoms with Crippen molar-refractivity contribution < 1.29 is 36.8 Å². The van der Waals surface area contributed by atoms with E-state index in [2.05, 4.69) is 28.8 Å². The van der Waals surface area contributed by atoms with Crippen LogP contribution in [0.4, 0.5) is 23.2 Å². The van der Waals surface area contributed by atoms with Crippen LogP contribution >= 0.6 is 0 Å². The second-order valence-corrected chi connectivity index (χ2v) is 7.44. The van der Waals surface area contributed by atoms with E-state index >= 15 is 0 Å². The molecule has 0 saturated carbocycles. The summed E-state index contributed by atoms with van der Waals surface area (Å²) in [6, 6.07) is 14.2. The smallest absolute Gasteiger partial charge is 0.475 e. The number of halogens is 4. The molecule has 0 aliphatic heterocycles. The van der Waals surface area contributed by atoms with E-state index in [1.807, 2.05) is 18.2 Å². The molecular weight excluding hydrogens is 470 g/mol. The fourth-order valence-corrected chi connectivity index (χ4v) is 2.92. The summed E-state index contributed by atoms with van der Waals surface area (Å²) in [6.07, 6.45) is -1.77. The standard InChI is InChI=1S/C22H24FN3O2.C2HF3O2/c1-16-5-2-3-6-20(16)24-13-4-14-25-21(27)12-9-18-15-26-28-22(18)17-7-10-19(23)11-8-17;3-2(4,5)1(6)7/h2-3,5-8,10-11,15,24H,4,9,12-14H2,1H3,(H,25,27);(H,6,7). The highest BCUT2D eigenvalue weighted by Crippen LogP contribution is 2.24. The summed E-state index contributed by atoms with van der Waals surface area (Å²) in [4.78, 5) is 21.0. The lowest BCUT2D eigenvalue weighted by Gasteiger charge is -2.09. The molecule has 0 bridgehead atoms. The van der Waals surface area contributed by atoms with Crippen LogP contribution in [0.5, 0.6) is 0 Å². The van der Waals surface area contributed by atoms with E-state index in [1.165, 1.54) is 17.7 Å². The summed E-state index contributed by atoms with van der Waals surface area (Å²) >= 11 is 0. The van der Waals surface area contributed by atoms with Crippen molar-refractivity contribution in [1.82, 2.24) is 10.5 Å². The summed E-state index contributed by atoms with van der Waals surface area (Å²) in [5, 5.41) is 17.2. The number of amides is 1. The van der Waals surface area contributed by atoms with Crippen LogP contribution in [-0.4, -0.2) is 41.4 Å². The fraction of sp³-hybridized carbons (Fsp3) is 0.292. The maximum atomic E-state index is 13.1. The number of carbonyl (C=O) groups is 2. The van der Waals surface area contributed by atoms with Gasteiger partial charge in [-0.1, -0.05) is 23.4 Å². The molecule has 3 aromatic rings. The number of carbonyl (C=O) groups excluding carboxylic acids is 1. The van der Waals surface area contributed by atoms with E-state index in [9.17, 15) is 22.4 Å². The third-order valence-corrected chi connectivity index (χ3v) is 4.75. The maximum absolute atomic E-state index is 13.1. The van der Waals surface area contributed by atoms with E-state index in [0.29, 0.717) is 25.1 Å². The molecule has 0 unspecified atom stereocenters. The van der Waals surface area contributed by atoms with Crippen LogP contribution in [0.2, 0.25) is 0 Å². The molecule has 0 saturated heterocycles. The number of hydrogen-bond donors (Lipinski definition) is 3. The second-order valence-electron chi connectivity index (χ2n) is 7.44. The number of aliphatic carboxylic acids is 1. The number of nitrogens with zero attached hydrogens (tertiary/aromatic N) is 1. The Kier molecular flexibility index (Phi) is 10.2. The Labute approximate surface area is 199 Å². The Morgan fingerprint density at radius 3 is 2.34 bits per heavy atom. The monoisotopic (exact) mass is 495 g/mol. The van der Waals surface area contributed by atoms with Gasteiger partial charge in [0.15, 0.2) is 5.76 Å². The number of para-hydroxylation sites is 1. The van der Waals surface area contributed by atoms with Gasteiger partial charge in [0.2, 0.25) is 5.91 Å². The highest BCUT2D eigenvalue weighted by molar-refractivity contribution is 5.76.